The van der Waals surface area contributed by atoms with Crippen LogP contribution in [0, 0.1) is 0 Å². The van der Waals surface area contributed by atoms with Gasteiger partial charge in [0.15, 0.2) is 0 Å². The van der Waals surface area contributed by atoms with Crippen molar-refractivity contribution in [1.29, 1.82) is 0 Å². The summed E-state index contributed by atoms with van der Waals surface area (Å²) in [7, 11) is -9.25. The molecule has 110 valence electrons. The summed E-state index contributed by atoms with van der Waals surface area (Å²) >= 11 is 0. The third kappa shape index (κ3) is 3.05. The molecule has 0 radical (unpaired) electrons. The average molecular weight is 321 g/mol. The van der Waals surface area contributed by atoms with E-state index in [0.717, 1.165) is 6.07 Å². The van der Waals surface area contributed by atoms with E-state index in [1.165, 1.54) is 18.2 Å². The molecular weight excluding hydrogens is 310 g/mol. The van der Waals surface area contributed by atoms with Gasteiger partial charge in [0.2, 0.25) is 0 Å². The molecule has 0 spiro atoms. The van der Waals surface area contributed by atoms with Gasteiger partial charge in [-0.15, -0.1) is 0 Å². The van der Waals surface area contributed by atoms with Gasteiger partial charge in [0.05, 0.1) is 4.90 Å². The zero-order valence-electron chi connectivity index (χ0n) is 9.81. The number of anilines is 1. The average Bonchev–Trinajstić information content (AvgIpc) is 2.24. The molecule has 2 aromatic carbocycles. The first-order valence-corrected chi connectivity index (χ1v) is 7.75. The number of rotatable bonds is 2. The van der Waals surface area contributed by atoms with E-state index in [2.05, 4.69) is 0 Å². The molecule has 2 rings (SSSR count). The third-order valence-corrected chi connectivity index (χ3v) is 4.21. The fraction of sp³-hybridized carbons (Fsp3) is 0. The summed E-state index contributed by atoms with van der Waals surface area (Å²) in [6.45, 7) is 0. The van der Waals surface area contributed by atoms with E-state index in [0.29, 0.717) is 6.07 Å². The Labute approximate surface area is 114 Å². The maximum atomic E-state index is 11.3. The molecule has 0 aliphatic carbocycles. The van der Waals surface area contributed by atoms with Gasteiger partial charge >= 0.3 is 0 Å². The molecule has 10 heteroatoms. The minimum absolute atomic E-state index is 0. The van der Waals surface area contributed by atoms with Crippen LogP contribution in [0.25, 0.3) is 10.8 Å². The zero-order valence-corrected chi connectivity index (χ0v) is 11.4. The number of benzene rings is 2. The molecule has 20 heavy (non-hydrogen) atoms. The SMILES string of the molecule is Nc1ccc2cc(S(=O)(=O)O)cc(S(=O)(=O)O)c2c1.O. The molecule has 0 fully saturated rings. The third-order valence-electron chi connectivity index (χ3n) is 2.49. The number of nitrogen functional groups attached to an aromatic ring is 1. The minimum atomic E-state index is -4.66. The Morgan fingerprint density at radius 2 is 1.50 bits per heavy atom. The first kappa shape index (κ1) is 16.3. The maximum absolute atomic E-state index is 11.3. The summed E-state index contributed by atoms with van der Waals surface area (Å²) < 4.78 is 62.8. The van der Waals surface area contributed by atoms with Crippen molar-refractivity contribution in [1.82, 2.24) is 0 Å². The van der Waals surface area contributed by atoms with Crippen LogP contribution in [0.5, 0.6) is 0 Å². The number of nitrogens with two attached hydrogens (primary N) is 1. The summed E-state index contributed by atoms with van der Waals surface area (Å²) in [5.41, 5.74) is 5.76. The normalized spacial score (nSPS) is 12.1. The molecule has 0 aliphatic heterocycles. The van der Waals surface area contributed by atoms with Gasteiger partial charge < -0.3 is 11.2 Å². The highest BCUT2D eigenvalue weighted by Crippen LogP contribution is 2.28. The van der Waals surface area contributed by atoms with E-state index in [1.54, 1.807) is 0 Å². The van der Waals surface area contributed by atoms with Gasteiger partial charge in [-0.25, -0.2) is 0 Å². The topological polar surface area (TPSA) is 166 Å². The van der Waals surface area contributed by atoms with Crippen LogP contribution in [0.4, 0.5) is 5.69 Å². The van der Waals surface area contributed by atoms with Gasteiger partial charge in [-0.2, -0.15) is 16.8 Å². The molecule has 0 saturated carbocycles. The van der Waals surface area contributed by atoms with E-state index >= 15 is 0 Å². The number of hydrogen-bond acceptors (Lipinski definition) is 5. The van der Waals surface area contributed by atoms with Crippen LogP contribution >= 0.6 is 0 Å². The van der Waals surface area contributed by atoms with Crippen LogP contribution in [0.15, 0.2) is 40.1 Å². The number of fused-ring (bicyclic) bond motifs is 1. The molecule has 0 aromatic heterocycles. The quantitative estimate of drug-likeness (QED) is 0.520. The van der Waals surface area contributed by atoms with Crippen LogP contribution in [-0.4, -0.2) is 31.4 Å². The second-order valence-corrected chi connectivity index (χ2v) is 6.66. The molecule has 2 aromatic rings. The van der Waals surface area contributed by atoms with Crippen LogP contribution in [-0.2, 0) is 20.2 Å². The van der Waals surface area contributed by atoms with Crippen molar-refractivity contribution < 1.29 is 31.4 Å². The molecule has 6 N–H and O–H groups in total. The lowest BCUT2D eigenvalue weighted by Gasteiger charge is -2.07. The highest BCUT2D eigenvalue weighted by Gasteiger charge is 2.20. The minimum Gasteiger partial charge on any atom is -0.412 e. The van der Waals surface area contributed by atoms with E-state index < -0.39 is 30.0 Å². The monoisotopic (exact) mass is 321 g/mol. The van der Waals surface area contributed by atoms with Crippen molar-refractivity contribution in [2.75, 3.05) is 5.73 Å². The summed E-state index contributed by atoms with van der Waals surface area (Å²) in [5, 5.41) is 0.270. The lowest BCUT2D eigenvalue weighted by atomic mass is 10.1. The van der Waals surface area contributed by atoms with Crippen LogP contribution < -0.4 is 5.73 Å². The highest BCUT2D eigenvalue weighted by molar-refractivity contribution is 7.86. The van der Waals surface area contributed by atoms with Crippen molar-refractivity contribution >= 4 is 36.7 Å². The van der Waals surface area contributed by atoms with Gasteiger partial charge in [0.25, 0.3) is 20.2 Å². The van der Waals surface area contributed by atoms with Crippen molar-refractivity contribution in [2.24, 2.45) is 0 Å². The second kappa shape index (κ2) is 5.00. The maximum Gasteiger partial charge on any atom is 0.295 e. The van der Waals surface area contributed by atoms with E-state index in [1.807, 2.05) is 0 Å². The molecule has 0 unspecified atom stereocenters. The van der Waals surface area contributed by atoms with Gasteiger partial charge in [0.1, 0.15) is 4.90 Å². The van der Waals surface area contributed by atoms with Crippen LogP contribution in [0.2, 0.25) is 0 Å². The number of hydrogen-bond donors (Lipinski definition) is 3. The van der Waals surface area contributed by atoms with E-state index in [-0.39, 0.29) is 21.9 Å². The van der Waals surface area contributed by atoms with Crippen molar-refractivity contribution in [3.63, 3.8) is 0 Å². The predicted octanol–water partition coefficient (Wildman–Crippen LogP) is 0.0907. The molecule has 0 bridgehead atoms. The summed E-state index contributed by atoms with van der Waals surface area (Å²) in [5.74, 6) is 0. The van der Waals surface area contributed by atoms with Crippen molar-refractivity contribution in [3.05, 3.63) is 30.3 Å². The molecule has 8 nitrogen and oxygen atoms in total. The predicted molar refractivity (Wildman–Crippen MR) is 71.6 cm³/mol. The van der Waals surface area contributed by atoms with Crippen molar-refractivity contribution in [3.8, 4) is 0 Å². The van der Waals surface area contributed by atoms with Gasteiger partial charge in [-0.3, -0.25) is 9.11 Å². The van der Waals surface area contributed by atoms with Crippen LogP contribution in [0.3, 0.4) is 0 Å². The first-order chi connectivity index (χ1) is 8.59. The van der Waals surface area contributed by atoms with Gasteiger partial charge in [-0.1, -0.05) is 6.07 Å². The van der Waals surface area contributed by atoms with Gasteiger partial charge in [-0.05, 0) is 29.7 Å². The second-order valence-electron chi connectivity index (χ2n) is 3.85. The molecule has 0 saturated heterocycles. The summed E-state index contributed by atoms with van der Waals surface area (Å²) in [4.78, 5) is -1.26. The highest BCUT2D eigenvalue weighted by atomic mass is 32.2. The largest absolute Gasteiger partial charge is 0.412 e. The van der Waals surface area contributed by atoms with E-state index in [4.69, 9.17) is 14.8 Å². The standard InChI is InChI=1S/C10H9NO6S2.H2O/c11-7-2-1-6-3-8(18(12,13)14)5-10(9(6)4-7)19(15,16)17;/h1-5H,11H2,(H,12,13,14)(H,15,16,17);1H2. The molecular formula is C10H11NO7S2. The molecule has 0 amide bonds. The Balaban J connectivity index is 0.00000200. The smallest absolute Gasteiger partial charge is 0.295 e. The van der Waals surface area contributed by atoms with E-state index in [9.17, 15) is 16.8 Å². The summed E-state index contributed by atoms with van der Waals surface area (Å²) in [6, 6.07) is 5.86. The molecule has 0 heterocycles. The fourth-order valence-electron chi connectivity index (χ4n) is 1.68. The molecule has 0 atom stereocenters. The Morgan fingerprint density at radius 1 is 0.900 bits per heavy atom. The first-order valence-electron chi connectivity index (χ1n) is 4.87. The van der Waals surface area contributed by atoms with Crippen LogP contribution in [0.1, 0.15) is 0 Å². The van der Waals surface area contributed by atoms with Gasteiger partial charge in [0, 0.05) is 11.1 Å². The van der Waals surface area contributed by atoms with Crippen molar-refractivity contribution in [2.45, 2.75) is 9.79 Å². The molecule has 0 aliphatic rings. The lowest BCUT2D eigenvalue weighted by molar-refractivity contribution is 0.482. The zero-order chi connectivity index (χ0) is 14.4. The summed E-state index contributed by atoms with van der Waals surface area (Å²) in [6.07, 6.45) is 0. The Hall–Kier alpha value is -1.72. The lowest BCUT2D eigenvalue weighted by Crippen LogP contribution is -2.04. The Morgan fingerprint density at radius 3 is 2.00 bits per heavy atom. The Bertz CT molecular complexity index is 872. The Kier molecular flexibility index (Phi) is 4.08. The fourth-order valence-corrected chi connectivity index (χ4v) is 3.03.